The quantitative estimate of drug-likeness (QED) is 0.681. The molecule has 1 aliphatic heterocycles. The van der Waals surface area contributed by atoms with Crippen molar-refractivity contribution in [2.75, 3.05) is 17.0 Å². The van der Waals surface area contributed by atoms with Crippen LogP contribution in [0.2, 0.25) is 0 Å². The van der Waals surface area contributed by atoms with Crippen molar-refractivity contribution in [3.8, 4) is 5.75 Å². The molecule has 2 aromatic rings. The molecule has 0 saturated heterocycles. The molecule has 146 valence electrons. The number of aliphatic hydroxyl groups is 1. The van der Waals surface area contributed by atoms with Gasteiger partial charge in [-0.15, -0.1) is 0 Å². The van der Waals surface area contributed by atoms with Crippen LogP contribution in [-0.2, 0) is 17.4 Å². The summed E-state index contributed by atoms with van der Waals surface area (Å²) in [5.41, 5.74) is 2.21. The number of aliphatic hydroxyl groups excluding tert-OH is 1. The van der Waals surface area contributed by atoms with E-state index in [2.05, 4.69) is 22.2 Å². The van der Waals surface area contributed by atoms with Gasteiger partial charge in [-0.3, -0.25) is 0 Å². The summed E-state index contributed by atoms with van der Waals surface area (Å²) in [7, 11) is -1.11. The maximum absolute atomic E-state index is 11.8. The monoisotopic (exact) mass is 388 g/mol. The molecule has 1 aliphatic rings. The lowest BCUT2D eigenvalue weighted by molar-refractivity contribution is -0.0643. The van der Waals surface area contributed by atoms with E-state index in [0.717, 1.165) is 24.2 Å². The summed E-state index contributed by atoms with van der Waals surface area (Å²) < 4.78 is 20.8. The van der Waals surface area contributed by atoms with Gasteiger partial charge in [0.1, 0.15) is 28.4 Å². The Labute approximate surface area is 163 Å². The van der Waals surface area contributed by atoms with E-state index in [9.17, 15) is 9.32 Å². The van der Waals surface area contributed by atoms with Crippen LogP contribution in [0.1, 0.15) is 37.9 Å². The third kappa shape index (κ3) is 4.69. The molecule has 27 heavy (non-hydrogen) atoms. The number of hydrogen-bond donors (Lipinski definition) is 3. The predicted octanol–water partition coefficient (Wildman–Crippen LogP) is 3.19. The van der Waals surface area contributed by atoms with Crippen LogP contribution >= 0.6 is 0 Å². The molecule has 0 aliphatic carbocycles. The highest BCUT2D eigenvalue weighted by atomic mass is 32.2. The Morgan fingerprint density at radius 3 is 2.63 bits per heavy atom. The third-order valence-corrected chi connectivity index (χ3v) is 5.85. The number of nitrogens with one attached hydrogen (secondary N) is 2. The molecule has 1 unspecified atom stereocenters. The van der Waals surface area contributed by atoms with E-state index in [-0.39, 0.29) is 6.04 Å². The number of fused-ring (bicyclic) bond motifs is 1. The molecule has 2 aromatic carbocycles. The standard InChI is InChI=1S/C21H28N2O3S/c1-4-27(25)23-16-10-11-17-18(14-16)26-21(2,3)20(24)19(17)22-13-12-15-8-6-5-7-9-15/h5-11,14,19-20,22-24H,4,12-13H2,1-3H3/t19-,20+,27?/m0/s1. The summed E-state index contributed by atoms with van der Waals surface area (Å²) in [6.45, 7) is 6.39. The van der Waals surface area contributed by atoms with E-state index < -0.39 is 22.7 Å². The van der Waals surface area contributed by atoms with E-state index in [1.165, 1.54) is 5.56 Å². The van der Waals surface area contributed by atoms with E-state index >= 15 is 0 Å². The summed E-state index contributed by atoms with van der Waals surface area (Å²) in [6, 6.07) is 15.7. The molecular weight excluding hydrogens is 360 g/mol. The zero-order valence-electron chi connectivity index (χ0n) is 16.1. The SMILES string of the molecule is CCS(=O)Nc1ccc2c(c1)OC(C)(C)[C@H](O)[C@H]2NCCc1ccccc1. The minimum atomic E-state index is -1.11. The fourth-order valence-corrected chi connectivity index (χ4v) is 3.83. The van der Waals surface area contributed by atoms with Gasteiger partial charge >= 0.3 is 0 Å². The first-order chi connectivity index (χ1) is 12.9. The molecule has 3 atom stereocenters. The largest absolute Gasteiger partial charge is 0.485 e. The van der Waals surface area contributed by atoms with E-state index in [1.54, 1.807) is 0 Å². The lowest BCUT2D eigenvalue weighted by atomic mass is 9.86. The van der Waals surface area contributed by atoms with Crippen molar-refractivity contribution in [2.24, 2.45) is 0 Å². The summed E-state index contributed by atoms with van der Waals surface area (Å²) in [5, 5.41) is 14.3. The molecule has 3 N–H and O–H groups in total. The van der Waals surface area contributed by atoms with Crippen molar-refractivity contribution < 1.29 is 14.1 Å². The number of anilines is 1. The van der Waals surface area contributed by atoms with Crippen molar-refractivity contribution in [3.05, 3.63) is 59.7 Å². The van der Waals surface area contributed by atoms with Crippen LogP contribution in [0.4, 0.5) is 5.69 Å². The number of rotatable bonds is 7. The first-order valence-corrected chi connectivity index (χ1v) is 10.7. The second-order valence-corrected chi connectivity index (χ2v) is 8.78. The topological polar surface area (TPSA) is 70.6 Å². The second kappa shape index (κ2) is 8.42. The first-order valence-electron chi connectivity index (χ1n) is 9.34. The Morgan fingerprint density at radius 2 is 1.93 bits per heavy atom. The highest BCUT2D eigenvalue weighted by Crippen LogP contribution is 2.41. The van der Waals surface area contributed by atoms with Gasteiger partial charge in [0.15, 0.2) is 0 Å². The highest BCUT2D eigenvalue weighted by molar-refractivity contribution is 7.86. The Kier molecular flexibility index (Phi) is 6.19. The summed E-state index contributed by atoms with van der Waals surface area (Å²) in [6.07, 6.45) is 0.208. The summed E-state index contributed by atoms with van der Waals surface area (Å²) >= 11 is 0. The van der Waals surface area contributed by atoms with Gasteiger partial charge in [-0.1, -0.05) is 43.3 Å². The maximum atomic E-state index is 11.8. The normalized spacial score (nSPS) is 21.8. The van der Waals surface area contributed by atoms with Gasteiger partial charge in [-0.2, -0.15) is 0 Å². The Hall–Kier alpha value is -1.89. The molecule has 0 aromatic heterocycles. The van der Waals surface area contributed by atoms with Gasteiger partial charge in [0, 0.05) is 23.1 Å². The molecule has 0 amide bonds. The van der Waals surface area contributed by atoms with Crippen molar-refractivity contribution in [1.82, 2.24) is 5.32 Å². The van der Waals surface area contributed by atoms with Crippen LogP contribution < -0.4 is 14.8 Å². The molecule has 5 nitrogen and oxygen atoms in total. The average Bonchev–Trinajstić information content (AvgIpc) is 2.65. The zero-order chi connectivity index (χ0) is 19.4. The van der Waals surface area contributed by atoms with E-state index in [1.807, 2.05) is 57.2 Å². The maximum Gasteiger partial charge on any atom is 0.131 e. The molecule has 0 spiro atoms. The number of hydrogen-bond acceptors (Lipinski definition) is 4. The molecular formula is C21H28N2O3S. The molecule has 0 bridgehead atoms. The Balaban J connectivity index is 1.78. The first kappa shape index (κ1) is 19.9. The Morgan fingerprint density at radius 1 is 1.19 bits per heavy atom. The van der Waals surface area contributed by atoms with Crippen LogP contribution in [0.3, 0.4) is 0 Å². The van der Waals surface area contributed by atoms with Crippen molar-refractivity contribution in [1.29, 1.82) is 0 Å². The number of ether oxygens (including phenoxy) is 1. The van der Waals surface area contributed by atoms with Crippen molar-refractivity contribution >= 4 is 16.7 Å². The fraction of sp³-hybridized carbons (Fsp3) is 0.429. The van der Waals surface area contributed by atoms with E-state index in [0.29, 0.717) is 11.5 Å². The third-order valence-electron chi connectivity index (χ3n) is 4.86. The average molecular weight is 389 g/mol. The van der Waals surface area contributed by atoms with Crippen LogP contribution in [0, 0.1) is 0 Å². The summed E-state index contributed by atoms with van der Waals surface area (Å²) in [5.74, 6) is 1.24. The van der Waals surface area contributed by atoms with Crippen LogP contribution in [0.5, 0.6) is 5.75 Å². The van der Waals surface area contributed by atoms with Crippen LogP contribution in [-0.4, -0.2) is 33.3 Å². The summed E-state index contributed by atoms with van der Waals surface area (Å²) in [4.78, 5) is 0. The van der Waals surface area contributed by atoms with Gasteiger partial charge < -0.3 is 19.9 Å². The zero-order valence-corrected chi connectivity index (χ0v) is 16.9. The molecule has 0 fully saturated rings. The van der Waals surface area contributed by atoms with Gasteiger partial charge in [-0.05, 0) is 38.4 Å². The lowest BCUT2D eigenvalue weighted by Gasteiger charge is -2.42. The Bertz CT molecular complexity index is 795. The van der Waals surface area contributed by atoms with Crippen molar-refractivity contribution in [3.63, 3.8) is 0 Å². The predicted molar refractivity (Wildman–Crippen MR) is 110 cm³/mol. The molecule has 0 saturated carbocycles. The van der Waals surface area contributed by atoms with Gasteiger partial charge in [0.25, 0.3) is 0 Å². The second-order valence-electron chi connectivity index (χ2n) is 7.31. The fourth-order valence-electron chi connectivity index (χ4n) is 3.30. The van der Waals surface area contributed by atoms with Gasteiger partial charge in [0.05, 0.1) is 6.04 Å². The molecule has 6 heteroatoms. The molecule has 0 radical (unpaired) electrons. The van der Waals surface area contributed by atoms with E-state index in [4.69, 9.17) is 4.74 Å². The smallest absolute Gasteiger partial charge is 0.131 e. The molecule has 1 heterocycles. The van der Waals surface area contributed by atoms with Gasteiger partial charge in [-0.25, -0.2) is 4.21 Å². The minimum absolute atomic E-state index is 0.224. The number of benzene rings is 2. The van der Waals surface area contributed by atoms with Crippen molar-refractivity contribution in [2.45, 2.75) is 44.9 Å². The van der Waals surface area contributed by atoms with Crippen LogP contribution in [0.25, 0.3) is 0 Å². The van der Waals surface area contributed by atoms with Crippen LogP contribution in [0.15, 0.2) is 48.5 Å². The minimum Gasteiger partial charge on any atom is -0.485 e. The highest BCUT2D eigenvalue weighted by Gasteiger charge is 2.42. The van der Waals surface area contributed by atoms with Gasteiger partial charge in [0.2, 0.25) is 0 Å². The molecule has 3 rings (SSSR count). The lowest BCUT2D eigenvalue weighted by Crippen LogP contribution is -2.52.